The van der Waals surface area contributed by atoms with Gasteiger partial charge in [-0.25, -0.2) is 0 Å². The summed E-state index contributed by atoms with van der Waals surface area (Å²) in [7, 11) is 0. The van der Waals surface area contributed by atoms with Crippen molar-refractivity contribution in [2.75, 3.05) is 13.1 Å². The van der Waals surface area contributed by atoms with Gasteiger partial charge in [-0.15, -0.1) is 11.3 Å². The summed E-state index contributed by atoms with van der Waals surface area (Å²) in [6, 6.07) is 4.19. The SMILES string of the molecule is Cc1nc([C@H]2CCCN(C(=O)CCCc3cccs3)C2)no1. The number of carbonyl (C=O) groups excluding carboxylic acids is 1. The average molecular weight is 319 g/mol. The standard InChI is InChI=1S/C16H21N3O2S/c1-12-17-16(18-21-12)13-5-3-9-19(11-13)15(20)8-2-6-14-7-4-10-22-14/h4,7,10,13H,2-3,5-6,8-9,11H2,1H3/t13-/m0/s1. The normalized spacial score (nSPS) is 18.6. The molecule has 1 saturated heterocycles. The van der Waals surface area contributed by atoms with Gasteiger partial charge in [0.1, 0.15) is 0 Å². The molecule has 0 radical (unpaired) electrons. The lowest BCUT2D eigenvalue weighted by molar-refractivity contribution is -0.132. The van der Waals surface area contributed by atoms with Gasteiger partial charge in [-0.3, -0.25) is 4.79 Å². The van der Waals surface area contributed by atoms with Crippen LogP contribution >= 0.6 is 11.3 Å². The van der Waals surface area contributed by atoms with Crippen LogP contribution < -0.4 is 0 Å². The van der Waals surface area contributed by atoms with Gasteiger partial charge in [0.05, 0.1) is 0 Å². The molecule has 1 fully saturated rings. The Hall–Kier alpha value is -1.69. The first-order chi connectivity index (χ1) is 10.7. The molecule has 3 rings (SSSR count). The molecule has 118 valence electrons. The highest BCUT2D eigenvalue weighted by molar-refractivity contribution is 7.09. The fourth-order valence-corrected chi connectivity index (χ4v) is 3.67. The number of piperidine rings is 1. The molecule has 0 spiro atoms. The van der Waals surface area contributed by atoms with Gasteiger partial charge in [0.2, 0.25) is 11.8 Å². The topological polar surface area (TPSA) is 59.2 Å². The second kappa shape index (κ2) is 7.05. The molecule has 1 aliphatic heterocycles. The van der Waals surface area contributed by atoms with E-state index >= 15 is 0 Å². The first kappa shape index (κ1) is 15.2. The third-order valence-electron chi connectivity index (χ3n) is 4.08. The molecular formula is C16H21N3O2S. The molecule has 5 nitrogen and oxygen atoms in total. The van der Waals surface area contributed by atoms with E-state index in [0.717, 1.165) is 44.6 Å². The summed E-state index contributed by atoms with van der Waals surface area (Å²) >= 11 is 1.76. The maximum Gasteiger partial charge on any atom is 0.223 e. The maximum atomic E-state index is 12.4. The minimum atomic E-state index is 0.215. The number of nitrogens with zero attached hydrogens (tertiary/aromatic N) is 3. The lowest BCUT2D eigenvalue weighted by Crippen LogP contribution is -2.39. The van der Waals surface area contributed by atoms with E-state index in [0.29, 0.717) is 12.3 Å². The van der Waals surface area contributed by atoms with Crippen molar-refractivity contribution >= 4 is 17.2 Å². The molecule has 0 aliphatic carbocycles. The van der Waals surface area contributed by atoms with Crippen molar-refractivity contribution in [1.82, 2.24) is 15.0 Å². The van der Waals surface area contributed by atoms with E-state index in [-0.39, 0.29) is 11.8 Å². The van der Waals surface area contributed by atoms with Gasteiger partial charge in [0.15, 0.2) is 5.82 Å². The Morgan fingerprint density at radius 1 is 1.55 bits per heavy atom. The smallest absolute Gasteiger partial charge is 0.223 e. The van der Waals surface area contributed by atoms with Crippen molar-refractivity contribution in [3.8, 4) is 0 Å². The lowest BCUT2D eigenvalue weighted by atomic mass is 9.97. The molecule has 0 N–H and O–H groups in total. The number of aryl methyl sites for hydroxylation is 2. The fourth-order valence-electron chi connectivity index (χ4n) is 2.92. The number of rotatable bonds is 5. The molecule has 0 unspecified atom stereocenters. The van der Waals surface area contributed by atoms with Crippen LogP contribution in [0.1, 0.15) is 48.2 Å². The number of aromatic nitrogens is 2. The summed E-state index contributed by atoms with van der Waals surface area (Å²) in [4.78, 5) is 20.0. The van der Waals surface area contributed by atoms with E-state index in [1.165, 1.54) is 4.88 Å². The van der Waals surface area contributed by atoms with Gasteiger partial charge in [0.25, 0.3) is 0 Å². The van der Waals surface area contributed by atoms with Gasteiger partial charge in [-0.2, -0.15) is 4.98 Å². The first-order valence-electron chi connectivity index (χ1n) is 7.83. The van der Waals surface area contributed by atoms with E-state index in [1.54, 1.807) is 18.3 Å². The van der Waals surface area contributed by atoms with Crippen LogP contribution in [0, 0.1) is 6.92 Å². The maximum absolute atomic E-state index is 12.4. The van der Waals surface area contributed by atoms with Crippen LogP contribution in [0.25, 0.3) is 0 Å². The van der Waals surface area contributed by atoms with Crippen LogP contribution in [-0.2, 0) is 11.2 Å². The van der Waals surface area contributed by atoms with Crippen molar-refractivity contribution in [2.45, 2.75) is 44.9 Å². The number of hydrogen-bond acceptors (Lipinski definition) is 5. The van der Waals surface area contributed by atoms with Crippen LogP contribution in [-0.4, -0.2) is 34.0 Å². The Balaban J connectivity index is 1.49. The molecule has 0 bridgehead atoms. The molecule has 3 heterocycles. The van der Waals surface area contributed by atoms with Crippen LogP contribution in [0.5, 0.6) is 0 Å². The van der Waals surface area contributed by atoms with Crippen LogP contribution in [0.15, 0.2) is 22.0 Å². The minimum absolute atomic E-state index is 0.215. The molecule has 6 heteroatoms. The number of carbonyl (C=O) groups is 1. The molecule has 0 saturated carbocycles. The summed E-state index contributed by atoms with van der Waals surface area (Å²) in [6.45, 7) is 3.37. The fraction of sp³-hybridized carbons (Fsp3) is 0.562. The molecule has 1 aliphatic rings. The molecular weight excluding hydrogens is 298 g/mol. The Morgan fingerprint density at radius 2 is 2.45 bits per heavy atom. The summed E-state index contributed by atoms with van der Waals surface area (Å²) in [5.41, 5.74) is 0. The zero-order valence-corrected chi connectivity index (χ0v) is 13.6. The van der Waals surface area contributed by atoms with Crippen molar-refractivity contribution in [3.63, 3.8) is 0 Å². The molecule has 2 aromatic rings. The second-order valence-electron chi connectivity index (χ2n) is 5.78. The van der Waals surface area contributed by atoms with Gasteiger partial charge in [-0.1, -0.05) is 11.2 Å². The number of hydrogen-bond donors (Lipinski definition) is 0. The first-order valence-corrected chi connectivity index (χ1v) is 8.70. The third-order valence-corrected chi connectivity index (χ3v) is 5.01. The van der Waals surface area contributed by atoms with Crippen LogP contribution in [0.2, 0.25) is 0 Å². The number of thiophene rings is 1. The van der Waals surface area contributed by atoms with Gasteiger partial charge < -0.3 is 9.42 Å². The van der Waals surface area contributed by atoms with Gasteiger partial charge in [-0.05, 0) is 37.1 Å². The van der Waals surface area contributed by atoms with Crippen LogP contribution in [0.3, 0.4) is 0 Å². The van der Waals surface area contributed by atoms with E-state index in [1.807, 2.05) is 4.90 Å². The Morgan fingerprint density at radius 3 is 3.18 bits per heavy atom. The predicted molar refractivity (Wildman–Crippen MR) is 84.8 cm³/mol. The van der Waals surface area contributed by atoms with Crippen molar-refractivity contribution in [1.29, 1.82) is 0 Å². The summed E-state index contributed by atoms with van der Waals surface area (Å²) in [5.74, 6) is 1.80. The molecule has 1 amide bonds. The summed E-state index contributed by atoms with van der Waals surface area (Å²) in [5, 5.41) is 6.09. The van der Waals surface area contributed by atoms with Gasteiger partial charge >= 0.3 is 0 Å². The monoisotopic (exact) mass is 319 g/mol. The second-order valence-corrected chi connectivity index (χ2v) is 6.82. The Bertz CT molecular complexity index is 609. The Labute approximate surface area is 134 Å². The highest BCUT2D eigenvalue weighted by atomic mass is 32.1. The van der Waals surface area contributed by atoms with E-state index in [4.69, 9.17) is 4.52 Å². The minimum Gasteiger partial charge on any atom is -0.342 e. The van der Waals surface area contributed by atoms with Crippen LogP contribution in [0.4, 0.5) is 0 Å². The van der Waals surface area contributed by atoms with Crippen molar-refractivity contribution in [3.05, 3.63) is 34.1 Å². The van der Waals surface area contributed by atoms with E-state index in [9.17, 15) is 4.79 Å². The van der Waals surface area contributed by atoms with E-state index in [2.05, 4.69) is 27.7 Å². The molecule has 1 atom stereocenters. The predicted octanol–water partition coefficient (Wildman–Crippen LogP) is 3.17. The van der Waals surface area contributed by atoms with E-state index < -0.39 is 0 Å². The quantitative estimate of drug-likeness (QED) is 0.849. The lowest BCUT2D eigenvalue weighted by Gasteiger charge is -2.31. The van der Waals surface area contributed by atoms with Crippen molar-refractivity contribution in [2.24, 2.45) is 0 Å². The number of amides is 1. The highest BCUT2D eigenvalue weighted by Gasteiger charge is 2.27. The Kier molecular flexibility index (Phi) is 4.87. The van der Waals surface area contributed by atoms with Gasteiger partial charge in [0, 0.05) is 37.2 Å². The summed E-state index contributed by atoms with van der Waals surface area (Å²) in [6.07, 6.45) is 4.56. The zero-order chi connectivity index (χ0) is 15.4. The van der Waals surface area contributed by atoms with Crippen molar-refractivity contribution < 1.29 is 9.32 Å². The summed E-state index contributed by atoms with van der Waals surface area (Å²) < 4.78 is 5.06. The largest absolute Gasteiger partial charge is 0.342 e. The molecule has 2 aromatic heterocycles. The molecule has 0 aromatic carbocycles. The zero-order valence-electron chi connectivity index (χ0n) is 12.8. The number of likely N-dealkylation sites (tertiary alicyclic amines) is 1. The third kappa shape index (κ3) is 3.74. The highest BCUT2D eigenvalue weighted by Crippen LogP contribution is 2.25. The molecule has 22 heavy (non-hydrogen) atoms. The average Bonchev–Trinajstić information content (AvgIpc) is 3.19.